The number of nitrogens with one attached hydrogen (secondary N) is 1. The Morgan fingerprint density at radius 2 is 1.98 bits per heavy atom. The maximum atomic E-state index is 13.7. The largest absolute Gasteiger partial charge is 0.343 e. The molecule has 5 rings (SSSR count). The van der Waals surface area contributed by atoms with Crippen molar-refractivity contribution < 1.29 is 14.0 Å². The van der Waals surface area contributed by atoms with E-state index in [2.05, 4.69) is 31.3 Å². The first-order valence-electron chi connectivity index (χ1n) is 14.5. The van der Waals surface area contributed by atoms with Crippen LogP contribution in [-0.2, 0) is 10.2 Å². The molecule has 0 aromatic heterocycles. The molecule has 212 valence electrons. The number of likely N-dealkylation sites (tertiary alicyclic amines) is 1. The molecule has 0 spiro atoms. The van der Waals surface area contributed by atoms with Crippen molar-refractivity contribution in [3.05, 3.63) is 64.4 Å². The Bertz CT molecular complexity index is 1300. The molecule has 0 radical (unpaired) electrons. The van der Waals surface area contributed by atoms with Crippen molar-refractivity contribution in [2.45, 2.75) is 70.3 Å². The Morgan fingerprint density at radius 3 is 2.65 bits per heavy atom. The Hall–Kier alpha value is -3.11. The summed E-state index contributed by atoms with van der Waals surface area (Å²) in [5.74, 6) is 0.824. The number of halogens is 2. The summed E-state index contributed by atoms with van der Waals surface area (Å²) in [6.45, 7) is 6.21. The summed E-state index contributed by atoms with van der Waals surface area (Å²) in [7, 11) is 0. The Morgan fingerprint density at radius 1 is 1.20 bits per heavy atom. The lowest BCUT2D eigenvalue weighted by Gasteiger charge is -2.40. The molecule has 3 amide bonds. The molecule has 3 aliphatic rings. The van der Waals surface area contributed by atoms with Gasteiger partial charge in [-0.1, -0.05) is 37.6 Å². The number of anilines is 1. The minimum atomic E-state index is -0.520. The Kier molecular flexibility index (Phi) is 8.37. The summed E-state index contributed by atoms with van der Waals surface area (Å²) in [5, 5.41) is 12.3. The highest BCUT2D eigenvalue weighted by molar-refractivity contribution is 6.31. The molecule has 3 fully saturated rings. The maximum Gasteiger partial charge on any atom is 0.322 e. The van der Waals surface area contributed by atoms with Crippen LogP contribution in [0.2, 0.25) is 5.02 Å². The summed E-state index contributed by atoms with van der Waals surface area (Å²) in [5.41, 5.74) is 2.51. The zero-order chi connectivity index (χ0) is 28.4. The molecule has 1 heterocycles. The third-order valence-corrected chi connectivity index (χ3v) is 9.45. The van der Waals surface area contributed by atoms with E-state index >= 15 is 0 Å². The van der Waals surface area contributed by atoms with Crippen LogP contribution in [0.15, 0.2) is 42.5 Å². The molecule has 3 atom stereocenters. The number of carbonyl (C=O) groups excluding carboxylic acids is 2. The molecule has 40 heavy (non-hydrogen) atoms. The second-order valence-electron chi connectivity index (χ2n) is 12.3. The molecule has 2 aliphatic carbocycles. The van der Waals surface area contributed by atoms with E-state index in [-0.39, 0.29) is 28.4 Å². The molecule has 2 saturated carbocycles. The van der Waals surface area contributed by atoms with Gasteiger partial charge in [-0.05, 0) is 97.6 Å². The fourth-order valence-corrected chi connectivity index (χ4v) is 7.01. The average Bonchev–Trinajstić information content (AvgIpc) is 3.69. The van der Waals surface area contributed by atoms with Crippen molar-refractivity contribution in [3.63, 3.8) is 0 Å². The van der Waals surface area contributed by atoms with Crippen LogP contribution < -0.4 is 5.32 Å². The van der Waals surface area contributed by atoms with E-state index in [1.54, 1.807) is 0 Å². The summed E-state index contributed by atoms with van der Waals surface area (Å²) in [6.07, 6.45) is 6.18. The fourth-order valence-electron chi connectivity index (χ4n) is 6.83. The second kappa shape index (κ2) is 11.8. The van der Waals surface area contributed by atoms with Gasteiger partial charge in [0.05, 0.1) is 16.7 Å². The van der Waals surface area contributed by atoms with Crippen LogP contribution in [0.25, 0.3) is 0 Å². The van der Waals surface area contributed by atoms with Crippen LogP contribution in [0.3, 0.4) is 0 Å². The number of carbonyl (C=O) groups is 2. The topological polar surface area (TPSA) is 76.4 Å². The number of nitriles is 1. The van der Waals surface area contributed by atoms with Crippen molar-refractivity contribution in [1.29, 1.82) is 5.26 Å². The average molecular weight is 565 g/mol. The van der Waals surface area contributed by atoms with E-state index in [9.17, 15) is 19.2 Å². The highest BCUT2D eigenvalue weighted by Crippen LogP contribution is 2.63. The van der Waals surface area contributed by atoms with Crippen LogP contribution in [0, 0.1) is 34.9 Å². The van der Waals surface area contributed by atoms with E-state index in [0.717, 1.165) is 51.6 Å². The number of urea groups is 1. The van der Waals surface area contributed by atoms with Crippen LogP contribution in [0.4, 0.5) is 14.9 Å². The number of benzene rings is 2. The van der Waals surface area contributed by atoms with Gasteiger partial charge < -0.3 is 15.1 Å². The zero-order valence-electron chi connectivity index (χ0n) is 23.3. The third kappa shape index (κ3) is 6.12. The highest BCUT2D eigenvalue weighted by atomic mass is 35.5. The van der Waals surface area contributed by atoms with Gasteiger partial charge in [-0.15, -0.1) is 0 Å². The lowest BCUT2D eigenvalue weighted by atomic mass is 9.79. The minimum Gasteiger partial charge on any atom is -0.343 e. The van der Waals surface area contributed by atoms with E-state index in [0.29, 0.717) is 42.0 Å². The number of hydrogen-bond donors (Lipinski definition) is 1. The van der Waals surface area contributed by atoms with Gasteiger partial charge in [0.25, 0.3) is 0 Å². The normalized spacial score (nSPS) is 24.2. The number of amides is 3. The molecular formula is C32H38ClFN4O2. The number of fused-ring (bicyclic) bond motifs is 1. The molecule has 1 N–H and O–H groups in total. The highest BCUT2D eigenvalue weighted by Gasteiger charge is 2.58. The molecule has 8 heteroatoms. The van der Waals surface area contributed by atoms with E-state index in [4.69, 9.17) is 11.6 Å². The first-order chi connectivity index (χ1) is 19.2. The van der Waals surface area contributed by atoms with Gasteiger partial charge >= 0.3 is 6.03 Å². The van der Waals surface area contributed by atoms with Crippen LogP contribution in [-0.4, -0.2) is 47.4 Å². The molecule has 0 bridgehead atoms. The van der Waals surface area contributed by atoms with E-state index in [1.165, 1.54) is 23.8 Å². The fraction of sp³-hybridized carbons (Fsp3) is 0.531. The van der Waals surface area contributed by atoms with Gasteiger partial charge in [0.2, 0.25) is 5.91 Å². The zero-order valence-corrected chi connectivity index (χ0v) is 24.1. The van der Waals surface area contributed by atoms with Crippen molar-refractivity contribution in [2.24, 2.45) is 17.8 Å². The van der Waals surface area contributed by atoms with Gasteiger partial charge in [-0.3, -0.25) is 4.79 Å². The monoisotopic (exact) mass is 564 g/mol. The molecule has 1 aliphatic heterocycles. The lowest BCUT2D eigenvalue weighted by Crippen LogP contribution is -2.49. The Balaban J connectivity index is 1.28. The second-order valence-corrected chi connectivity index (χ2v) is 12.7. The molecule has 0 unspecified atom stereocenters. The minimum absolute atomic E-state index is 0.0252. The Labute approximate surface area is 241 Å². The molecular weight excluding hydrogens is 527 g/mol. The summed E-state index contributed by atoms with van der Waals surface area (Å²) in [4.78, 5) is 30.2. The quantitative estimate of drug-likeness (QED) is 0.394. The first-order valence-corrected chi connectivity index (χ1v) is 14.9. The number of nitrogens with zero attached hydrogens (tertiary/aromatic N) is 3. The summed E-state index contributed by atoms with van der Waals surface area (Å²) >= 11 is 5.98. The molecule has 6 nitrogen and oxygen atoms in total. The third-order valence-electron chi connectivity index (χ3n) is 9.16. The van der Waals surface area contributed by atoms with Gasteiger partial charge in [0.15, 0.2) is 0 Å². The smallest absolute Gasteiger partial charge is 0.322 e. The van der Waals surface area contributed by atoms with Crippen LogP contribution >= 0.6 is 11.6 Å². The lowest BCUT2D eigenvalue weighted by molar-refractivity contribution is -0.133. The predicted molar refractivity (Wildman–Crippen MR) is 154 cm³/mol. The van der Waals surface area contributed by atoms with Gasteiger partial charge in [0, 0.05) is 37.8 Å². The van der Waals surface area contributed by atoms with E-state index in [1.807, 2.05) is 28.0 Å². The number of hydrogen-bond acceptors (Lipinski definition) is 3. The SMILES string of the molecule is CC(C)CC(=O)N1CCC(CN(C(=O)Nc2ccc(F)c(Cl)c2)[C@@H]2CC[C@]3(c4cccc(C#N)c4)C[C@@H]3C2)CC1. The molecule has 2 aromatic rings. The maximum absolute atomic E-state index is 13.7. The molecule has 2 aromatic carbocycles. The van der Waals surface area contributed by atoms with Crippen molar-refractivity contribution in [3.8, 4) is 6.07 Å². The van der Waals surface area contributed by atoms with Crippen molar-refractivity contribution in [1.82, 2.24) is 9.80 Å². The standard InChI is InChI=1S/C32H38ClFN4O2/c1-21(2)14-30(39)37-12-9-22(10-13-37)20-38(31(40)36-26-6-7-29(34)28(33)17-26)27-8-11-32(18-25(32)16-27)24-5-3-4-23(15-24)19-35/h3-7,15,17,21-22,25,27H,8-14,16,18,20H2,1-2H3,(H,36,40)/t25-,27+,32+/m0/s1. The summed E-state index contributed by atoms with van der Waals surface area (Å²) in [6, 6.07) is 14.4. The van der Waals surface area contributed by atoms with Gasteiger partial charge in [-0.2, -0.15) is 5.26 Å². The van der Waals surface area contributed by atoms with E-state index < -0.39 is 5.82 Å². The predicted octanol–water partition coefficient (Wildman–Crippen LogP) is 6.98. The summed E-state index contributed by atoms with van der Waals surface area (Å²) < 4.78 is 13.7. The number of piperidine rings is 1. The van der Waals surface area contributed by atoms with Gasteiger partial charge in [-0.25, -0.2) is 9.18 Å². The van der Waals surface area contributed by atoms with Crippen LogP contribution in [0.5, 0.6) is 0 Å². The number of rotatable bonds is 7. The molecule has 1 saturated heterocycles. The van der Waals surface area contributed by atoms with Crippen molar-refractivity contribution in [2.75, 3.05) is 25.0 Å². The van der Waals surface area contributed by atoms with Crippen LogP contribution in [0.1, 0.15) is 69.9 Å². The van der Waals surface area contributed by atoms with Crippen molar-refractivity contribution >= 4 is 29.2 Å². The first kappa shape index (κ1) is 28.4. The van der Waals surface area contributed by atoms with Gasteiger partial charge in [0.1, 0.15) is 5.82 Å².